The first-order valence-electron chi connectivity index (χ1n) is 5.03. The molecular formula is C10H22O2. The SMILES string of the molecule is CCCC(O)CC.OCC1CC1. The first-order valence-corrected chi connectivity index (χ1v) is 5.03. The first kappa shape index (κ1) is 11.9. The zero-order valence-corrected chi connectivity index (χ0v) is 8.29. The van der Waals surface area contributed by atoms with Crippen LogP contribution in [0, 0.1) is 5.92 Å². The lowest BCUT2D eigenvalue weighted by Gasteiger charge is -2.01. The quantitative estimate of drug-likeness (QED) is 0.684. The highest BCUT2D eigenvalue weighted by Gasteiger charge is 2.18. The molecule has 0 aromatic carbocycles. The summed E-state index contributed by atoms with van der Waals surface area (Å²) in [5.74, 6) is 0.690. The average Bonchev–Trinajstić information content (AvgIpc) is 2.88. The molecule has 0 spiro atoms. The second-order valence-corrected chi connectivity index (χ2v) is 3.48. The molecule has 1 aliphatic rings. The number of aliphatic hydroxyl groups is 2. The molecule has 1 rings (SSSR count). The number of rotatable bonds is 4. The van der Waals surface area contributed by atoms with Crippen molar-refractivity contribution in [1.82, 2.24) is 0 Å². The minimum atomic E-state index is -0.0509. The fourth-order valence-corrected chi connectivity index (χ4v) is 0.838. The van der Waals surface area contributed by atoms with Crippen molar-refractivity contribution in [2.45, 2.75) is 52.1 Å². The molecule has 0 radical (unpaired) electrons. The molecule has 2 nitrogen and oxygen atoms in total. The maximum absolute atomic E-state index is 8.86. The maximum Gasteiger partial charge on any atom is 0.0537 e. The van der Waals surface area contributed by atoms with Gasteiger partial charge in [-0.15, -0.1) is 0 Å². The molecular weight excluding hydrogens is 152 g/mol. The van der Waals surface area contributed by atoms with Crippen LogP contribution >= 0.6 is 0 Å². The van der Waals surface area contributed by atoms with E-state index in [1.54, 1.807) is 0 Å². The molecule has 0 heterocycles. The molecule has 2 N–H and O–H groups in total. The molecule has 2 heteroatoms. The van der Waals surface area contributed by atoms with Crippen molar-refractivity contribution in [2.75, 3.05) is 6.61 Å². The van der Waals surface area contributed by atoms with Crippen molar-refractivity contribution in [3.63, 3.8) is 0 Å². The Morgan fingerprint density at radius 1 is 1.33 bits per heavy atom. The van der Waals surface area contributed by atoms with Gasteiger partial charge >= 0.3 is 0 Å². The Morgan fingerprint density at radius 2 is 1.92 bits per heavy atom. The highest BCUT2D eigenvalue weighted by atomic mass is 16.3. The molecule has 12 heavy (non-hydrogen) atoms. The van der Waals surface area contributed by atoms with Gasteiger partial charge in [0.25, 0.3) is 0 Å². The Balaban J connectivity index is 0.000000211. The molecule has 0 saturated heterocycles. The summed E-state index contributed by atoms with van der Waals surface area (Å²) in [4.78, 5) is 0. The van der Waals surface area contributed by atoms with Crippen LogP contribution in [0.5, 0.6) is 0 Å². The summed E-state index contributed by atoms with van der Waals surface area (Å²) < 4.78 is 0. The van der Waals surface area contributed by atoms with E-state index in [0.717, 1.165) is 19.3 Å². The predicted molar refractivity (Wildman–Crippen MR) is 51.0 cm³/mol. The van der Waals surface area contributed by atoms with Gasteiger partial charge in [-0.3, -0.25) is 0 Å². The summed E-state index contributed by atoms with van der Waals surface area (Å²) in [5, 5.41) is 17.1. The summed E-state index contributed by atoms with van der Waals surface area (Å²) in [6, 6.07) is 0. The third-order valence-electron chi connectivity index (χ3n) is 2.05. The van der Waals surface area contributed by atoms with Crippen LogP contribution in [-0.4, -0.2) is 22.9 Å². The van der Waals surface area contributed by atoms with E-state index in [4.69, 9.17) is 10.2 Å². The molecule has 0 aliphatic heterocycles. The fraction of sp³-hybridized carbons (Fsp3) is 1.00. The van der Waals surface area contributed by atoms with Gasteiger partial charge in [-0.05, 0) is 31.6 Å². The predicted octanol–water partition coefficient (Wildman–Crippen LogP) is 1.95. The summed E-state index contributed by atoms with van der Waals surface area (Å²) in [7, 11) is 0. The Labute approximate surface area is 75.6 Å². The molecule has 1 saturated carbocycles. The van der Waals surface area contributed by atoms with E-state index in [1.807, 2.05) is 6.92 Å². The lowest BCUT2D eigenvalue weighted by molar-refractivity contribution is 0.159. The van der Waals surface area contributed by atoms with Crippen LogP contribution in [0.3, 0.4) is 0 Å². The fourth-order valence-electron chi connectivity index (χ4n) is 0.838. The molecule has 0 amide bonds. The maximum atomic E-state index is 8.86. The van der Waals surface area contributed by atoms with Crippen molar-refractivity contribution in [2.24, 2.45) is 5.92 Å². The van der Waals surface area contributed by atoms with Crippen LogP contribution in [0.4, 0.5) is 0 Å². The molecule has 1 aliphatic carbocycles. The van der Waals surface area contributed by atoms with Crippen LogP contribution in [0.15, 0.2) is 0 Å². The summed E-state index contributed by atoms with van der Waals surface area (Å²) >= 11 is 0. The normalized spacial score (nSPS) is 18.0. The molecule has 74 valence electrons. The van der Waals surface area contributed by atoms with E-state index < -0.39 is 0 Å². The van der Waals surface area contributed by atoms with Crippen molar-refractivity contribution in [3.05, 3.63) is 0 Å². The van der Waals surface area contributed by atoms with E-state index in [1.165, 1.54) is 12.8 Å². The summed E-state index contributed by atoms with van der Waals surface area (Å²) in [6.45, 7) is 4.50. The van der Waals surface area contributed by atoms with Gasteiger partial charge in [0.05, 0.1) is 6.10 Å². The number of hydrogen-bond acceptors (Lipinski definition) is 2. The van der Waals surface area contributed by atoms with Crippen LogP contribution in [0.1, 0.15) is 46.0 Å². The average molecular weight is 174 g/mol. The summed E-state index contributed by atoms with van der Waals surface area (Å²) in [6.07, 6.45) is 5.41. The van der Waals surface area contributed by atoms with E-state index in [0.29, 0.717) is 12.5 Å². The minimum absolute atomic E-state index is 0.0509. The van der Waals surface area contributed by atoms with Crippen molar-refractivity contribution in [3.8, 4) is 0 Å². The Bertz CT molecular complexity index is 89.8. The lowest BCUT2D eigenvalue weighted by atomic mass is 10.2. The first-order chi connectivity index (χ1) is 5.74. The van der Waals surface area contributed by atoms with Gasteiger partial charge in [0.15, 0.2) is 0 Å². The van der Waals surface area contributed by atoms with E-state index in [-0.39, 0.29) is 6.10 Å². The van der Waals surface area contributed by atoms with Gasteiger partial charge in [-0.25, -0.2) is 0 Å². The molecule has 1 unspecified atom stereocenters. The molecule has 1 fully saturated rings. The topological polar surface area (TPSA) is 40.5 Å². The largest absolute Gasteiger partial charge is 0.396 e. The third-order valence-corrected chi connectivity index (χ3v) is 2.05. The van der Waals surface area contributed by atoms with Gasteiger partial charge in [0, 0.05) is 6.61 Å². The van der Waals surface area contributed by atoms with E-state index >= 15 is 0 Å². The van der Waals surface area contributed by atoms with Crippen LogP contribution in [0.2, 0.25) is 0 Å². The van der Waals surface area contributed by atoms with E-state index in [2.05, 4.69) is 6.92 Å². The van der Waals surface area contributed by atoms with Crippen molar-refractivity contribution in [1.29, 1.82) is 0 Å². The van der Waals surface area contributed by atoms with Crippen LogP contribution in [-0.2, 0) is 0 Å². The monoisotopic (exact) mass is 174 g/mol. The molecule has 0 bridgehead atoms. The van der Waals surface area contributed by atoms with Gasteiger partial charge in [0.2, 0.25) is 0 Å². The summed E-state index contributed by atoms with van der Waals surface area (Å²) in [5.41, 5.74) is 0. The van der Waals surface area contributed by atoms with Crippen molar-refractivity contribution >= 4 is 0 Å². The van der Waals surface area contributed by atoms with Gasteiger partial charge in [-0.1, -0.05) is 20.3 Å². The second-order valence-electron chi connectivity index (χ2n) is 3.48. The third kappa shape index (κ3) is 8.02. The smallest absolute Gasteiger partial charge is 0.0537 e. The Kier molecular flexibility index (Phi) is 7.51. The second kappa shape index (κ2) is 7.56. The lowest BCUT2D eigenvalue weighted by Crippen LogP contribution is -2.01. The highest BCUT2D eigenvalue weighted by molar-refractivity contribution is 4.70. The van der Waals surface area contributed by atoms with Crippen LogP contribution < -0.4 is 0 Å². The highest BCUT2D eigenvalue weighted by Crippen LogP contribution is 2.27. The Hall–Kier alpha value is -0.0800. The molecule has 0 aromatic rings. The van der Waals surface area contributed by atoms with Crippen molar-refractivity contribution < 1.29 is 10.2 Å². The molecule has 1 atom stereocenters. The van der Waals surface area contributed by atoms with Crippen LogP contribution in [0.25, 0.3) is 0 Å². The van der Waals surface area contributed by atoms with Gasteiger partial charge < -0.3 is 10.2 Å². The number of hydrogen-bond donors (Lipinski definition) is 2. The molecule has 0 aromatic heterocycles. The minimum Gasteiger partial charge on any atom is -0.396 e. The van der Waals surface area contributed by atoms with Gasteiger partial charge in [0.1, 0.15) is 0 Å². The zero-order chi connectivity index (χ0) is 9.40. The van der Waals surface area contributed by atoms with Gasteiger partial charge in [-0.2, -0.15) is 0 Å². The Morgan fingerprint density at radius 3 is 2.00 bits per heavy atom. The van der Waals surface area contributed by atoms with E-state index in [9.17, 15) is 0 Å². The number of aliphatic hydroxyl groups excluding tert-OH is 2. The zero-order valence-electron chi connectivity index (χ0n) is 8.29. The standard InChI is InChI=1S/C6H14O.C4H8O/c1-3-5-6(7)4-2;5-3-4-1-2-4/h6-7H,3-5H2,1-2H3;4-5H,1-3H2.